The highest BCUT2D eigenvalue weighted by Gasteiger charge is 2.23. The van der Waals surface area contributed by atoms with E-state index < -0.39 is 0 Å². The van der Waals surface area contributed by atoms with Gasteiger partial charge >= 0.3 is 0 Å². The molecule has 0 saturated heterocycles. The lowest BCUT2D eigenvalue weighted by Gasteiger charge is -2.14. The molecule has 0 saturated carbocycles. The zero-order valence-corrected chi connectivity index (χ0v) is 40.6. The van der Waals surface area contributed by atoms with Gasteiger partial charge in [0.25, 0.3) is 0 Å². The van der Waals surface area contributed by atoms with Crippen molar-refractivity contribution in [2.45, 2.75) is 41.0 Å². The molecular weight excluding hydrogens is 869 g/mol. The summed E-state index contributed by atoms with van der Waals surface area (Å²) in [5.74, 6) is 2.47. The molecule has 0 amide bonds. The van der Waals surface area contributed by atoms with E-state index in [1.807, 2.05) is 68.4 Å². The van der Waals surface area contributed by atoms with Gasteiger partial charge in [-0.2, -0.15) is 9.97 Å². The van der Waals surface area contributed by atoms with Crippen LogP contribution in [0.15, 0.2) is 210 Å². The van der Waals surface area contributed by atoms with Crippen LogP contribution in [0.4, 0.5) is 0 Å². The van der Waals surface area contributed by atoms with E-state index in [4.69, 9.17) is 23.8 Å². The van der Waals surface area contributed by atoms with E-state index in [-0.39, 0.29) is 0 Å². The topological polar surface area (TPSA) is 69.9 Å². The Hall–Kier alpha value is -8.87. The van der Waals surface area contributed by atoms with E-state index in [9.17, 15) is 0 Å². The van der Waals surface area contributed by atoms with Crippen molar-refractivity contribution in [1.29, 1.82) is 0 Å². The second kappa shape index (κ2) is 18.9. The minimum absolute atomic E-state index is 0.528. The molecule has 71 heavy (non-hydrogen) atoms. The minimum atomic E-state index is 0.528. The van der Waals surface area contributed by atoms with Gasteiger partial charge in [-0.15, -0.1) is 0 Å². The van der Waals surface area contributed by atoms with Crippen LogP contribution in [0.25, 0.3) is 134 Å². The highest BCUT2D eigenvalue weighted by molar-refractivity contribution is 6.21. The minimum Gasteiger partial charge on any atom is -0.456 e. The quantitative estimate of drug-likeness (QED) is 0.159. The molecule has 13 aromatic rings. The number of para-hydroxylation sites is 2. The maximum Gasteiger partial charge on any atom is 0.238 e. The van der Waals surface area contributed by atoms with Crippen molar-refractivity contribution in [3.8, 4) is 62.1 Å². The molecule has 0 N–H and O–H groups in total. The molecule has 13 rings (SSSR count). The Morgan fingerprint density at radius 2 is 0.958 bits per heavy atom. The Bertz CT molecular complexity index is 4120. The van der Waals surface area contributed by atoms with Gasteiger partial charge in [-0.3, -0.25) is 4.57 Å². The van der Waals surface area contributed by atoms with E-state index in [0.717, 1.165) is 121 Å². The van der Waals surface area contributed by atoms with Crippen molar-refractivity contribution in [3.63, 3.8) is 0 Å². The van der Waals surface area contributed by atoms with Gasteiger partial charge in [0.05, 0.1) is 11.0 Å². The second-order valence-corrected chi connectivity index (χ2v) is 17.6. The molecule has 6 heteroatoms. The summed E-state index contributed by atoms with van der Waals surface area (Å²) in [6.07, 6.45) is 3.03. The predicted molar refractivity (Wildman–Crippen MR) is 298 cm³/mol. The van der Waals surface area contributed by atoms with Crippen molar-refractivity contribution in [2.75, 3.05) is 0 Å². The van der Waals surface area contributed by atoms with E-state index >= 15 is 0 Å². The van der Waals surface area contributed by atoms with Gasteiger partial charge in [0, 0.05) is 54.6 Å². The first-order valence-electron chi connectivity index (χ1n) is 24.5. The third-order valence-electron chi connectivity index (χ3n) is 13.0. The number of rotatable bonds is 7. The van der Waals surface area contributed by atoms with Gasteiger partial charge in [-0.1, -0.05) is 198 Å². The normalized spacial score (nSPS) is 11.3. The van der Waals surface area contributed by atoms with Crippen LogP contribution >= 0.6 is 0 Å². The van der Waals surface area contributed by atoms with Gasteiger partial charge in [-0.05, 0) is 82.6 Å². The molecule has 4 aromatic heterocycles. The number of aryl methyl sites for hydroxylation is 1. The number of hydrogen-bond acceptors (Lipinski definition) is 5. The fourth-order valence-corrected chi connectivity index (χ4v) is 9.80. The zero-order chi connectivity index (χ0) is 48.6. The summed E-state index contributed by atoms with van der Waals surface area (Å²) in [5.41, 5.74) is 13.9. The van der Waals surface area contributed by atoms with Crippen LogP contribution in [0.2, 0.25) is 0 Å². The molecule has 0 spiro atoms. The average Bonchev–Trinajstić information content (AvgIpc) is 4.10. The summed E-state index contributed by atoms with van der Waals surface area (Å²) >= 11 is 0. The van der Waals surface area contributed by atoms with Crippen LogP contribution in [0.5, 0.6) is 0 Å². The van der Waals surface area contributed by atoms with Crippen LogP contribution in [0.1, 0.15) is 45.4 Å². The number of hydrogen-bond donors (Lipinski definition) is 0. The van der Waals surface area contributed by atoms with Crippen molar-refractivity contribution >= 4 is 71.6 Å². The molecule has 344 valence electrons. The maximum atomic E-state index is 6.37. The summed E-state index contributed by atoms with van der Waals surface area (Å²) in [4.78, 5) is 15.9. The lowest BCUT2D eigenvalue weighted by molar-refractivity contribution is 0.601. The van der Waals surface area contributed by atoms with Crippen LogP contribution in [0.3, 0.4) is 0 Å². The summed E-state index contributed by atoms with van der Waals surface area (Å²) in [5, 5.41) is 7.69. The summed E-state index contributed by atoms with van der Waals surface area (Å²) in [7, 11) is 0. The summed E-state index contributed by atoms with van der Waals surface area (Å²) < 4.78 is 14.8. The van der Waals surface area contributed by atoms with E-state index in [2.05, 4.69) is 171 Å². The Balaban J connectivity index is 0.00000106. The molecule has 0 radical (unpaired) electrons. The number of benzene rings is 9. The van der Waals surface area contributed by atoms with Crippen LogP contribution < -0.4 is 0 Å². The average molecular weight is 921 g/mol. The fourth-order valence-electron chi connectivity index (χ4n) is 9.80. The number of aromatic nitrogens is 4. The van der Waals surface area contributed by atoms with E-state index in [0.29, 0.717) is 17.6 Å². The highest BCUT2D eigenvalue weighted by Crippen LogP contribution is 2.42. The fraction of sp³-hybridized carbons (Fsp3) is 0.0923. The van der Waals surface area contributed by atoms with Crippen LogP contribution in [-0.4, -0.2) is 19.5 Å². The number of nitrogens with zero attached hydrogens (tertiary/aromatic N) is 4. The number of furan rings is 2. The molecule has 0 bridgehead atoms. The van der Waals surface area contributed by atoms with Gasteiger partial charge in [0.1, 0.15) is 22.5 Å². The molecule has 0 aliphatic heterocycles. The molecule has 0 aliphatic carbocycles. The van der Waals surface area contributed by atoms with Crippen molar-refractivity contribution < 1.29 is 8.83 Å². The Labute approximate surface area is 413 Å². The van der Waals surface area contributed by atoms with E-state index in [1.165, 1.54) is 6.42 Å². The molecule has 0 atom stereocenters. The first kappa shape index (κ1) is 44.6. The molecule has 0 unspecified atom stereocenters. The molecular formula is C65H52N4O2. The van der Waals surface area contributed by atoms with Gasteiger partial charge in [-0.25, -0.2) is 4.98 Å². The van der Waals surface area contributed by atoms with Gasteiger partial charge in [0.2, 0.25) is 5.95 Å². The smallest absolute Gasteiger partial charge is 0.238 e. The first-order valence-corrected chi connectivity index (χ1v) is 24.5. The molecule has 4 heterocycles. The lowest BCUT2D eigenvalue weighted by Crippen LogP contribution is -2.07. The van der Waals surface area contributed by atoms with Gasteiger partial charge < -0.3 is 8.83 Å². The molecule has 0 fully saturated rings. The highest BCUT2D eigenvalue weighted by atomic mass is 16.3. The Morgan fingerprint density at radius 1 is 0.437 bits per heavy atom. The van der Waals surface area contributed by atoms with Gasteiger partial charge in [0.15, 0.2) is 11.6 Å². The molecule has 6 nitrogen and oxygen atoms in total. The van der Waals surface area contributed by atoms with Crippen LogP contribution in [0, 0.1) is 6.92 Å². The standard InChI is InChI=1S/C60H38N4O2.C3H8.C2H6/c1-3-52-36(2)45-29-27-42(34-54(45)65-52)40-18-11-17-39(32-40)41-19-12-20-43(33-41)47-23-13-24-50-51-31-26-37-14-7-8-21-46(37)56(51)64(57(47)50)60-62-58(38-15-5-4-6-16-38)61-59(63-60)44-28-30-49-48-22-9-10-25-53(48)66-55(49)35-44;1-3-2;1-2/h3-35H,1H2,2H3;3H2,1-2H3;1-2H3. The van der Waals surface area contributed by atoms with Crippen LogP contribution in [-0.2, 0) is 0 Å². The molecule has 0 aliphatic rings. The molecule has 9 aromatic carbocycles. The largest absolute Gasteiger partial charge is 0.456 e. The Kier molecular flexibility index (Phi) is 11.9. The number of fused-ring (bicyclic) bond motifs is 9. The summed E-state index contributed by atoms with van der Waals surface area (Å²) in [6.45, 7) is 14.3. The lowest BCUT2D eigenvalue weighted by atomic mass is 9.95. The van der Waals surface area contributed by atoms with Crippen molar-refractivity contribution in [1.82, 2.24) is 19.5 Å². The monoisotopic (exact) mass is 920 g/mol. The third kappa shape index (κ3) is 7.93. The second-order valence-electron chi connectivity index (χ2n) is 17.6. The third-order valence-corrected chi connectivity index (χ3v) is 13.0. The maximum absolute atomic E-state index is 6.37. The predicted octanol–water partition coefficient (Wildman–Crippen LogP) is 18.5. The van der Waals surface area contributed by atoms with Crippen molar-refractivity contribution in [3.05, 3.63) is 212 Å². The van der Waals surface area contributed by atoms with Crippen molar-refractivity contribution in [2.24, 2.45) is 0 Å². The SMILES string of the molecule is C=Cc1oc2cc(-c3cccc(-c4cccc(-c5cccc6c7ccc8ccccc8c7n(-c7nc(-c8ccccc8)nc(-c8ccc9c(c8)oc8ccccc89)n7)c56)c4)c3)ccc2c1C.CC.CCC. The first-order chi connectivity index (χ1) is 35.0. The zero-order valence-electron chi connectivity index (χ0n) is 40.6. The van der Waals surface area contributed by atoms with E-state index in [1.54, 1.807) is 6.08 Å². The summed E-state index contributed by atoms with van der Waals surface area (Å²) in [6, 6.07) is 68.1. The Morgan fingerprint density at radius 3 is 1.72 bits per heavy atom.